The van der Waals surface area contributed by atoms with Crippen molar-refractivity contribution >= 4 is 40.0 Å². The summed E-state index contributed by atoms with van der Waals surface area (Å²) in [5.74, 6) is 1.28. The minimum atomic E-state index is -1.18. The molecule has 1 unspecified atom stereocenters. The van der Waals surface area contributed by atoms with Crippen molar-refractivity contribution in [3.8, 4) is 5.69 Å². The van der Waals surface area contributed by atoms with Crippen molar-refractivity contribution in [2.24, 2.45) is 5.41 Å². The Morgan fingerprint density at radius 3 is 2.42 bits per heavy atom. The van der Waals surface area contributed by atoms with Crippen molar-refractivity contribution in [2.75, 3.05) is 18.0 Å². The summed E-state index contributed by atoms with van der Waals surface area (Å²) in [6, 6.07) is 13.8. The molecule has 0 saturated carbocycles. The van der Waals surface area contributed by atoms with Crippen LogP contribution < -0.4 is 15.2 Å². The third-order valence-corrected chi connectivity index (χ3v) is 10.4. The molecule has 1 fully saturated rings. The van der Waals surface area contributed by atoms with Gasteiger partial charge in [-0.2, -0.15) is 0 Å². The standard InChI is InChI=1S/C29H34Cl2N4O2S/c1-18-26(32-19(2)35(27(18)36)23-12-8-11-22(30)24(23)31)34-15-13-29(14-16-34)17-20-9-6-7-10-21(20)25(29)33-38(37)28(3,4)5/h6-12,25,33H,13-17H2,1-5H3/t25-,38?/m1/s1. The lowest BCUT2D eigenvalue weighted by atomic mass is 9.73. The second-order valence-electron chi connectivity index (χ2n) is 11.5. The van der Waals surface area contributed by atoms with E-state index in [1.807, 2.05) is 34.6 Å². The summed E-state index contributed by atoms with van der Waals surface area (Å²) in [5.41, 5.74) is 3.52. The van der Waals surface area contributed by atoms with Gasteiger partial charge in [-0.15, -0.1) is 0 Å². The molecule has 1 aromatic heterocycles. The van der Waals surface area contributed by atoms with Gasteiger partial charge < -0.3 is 4.90 Å². The third kappa shape index (κ3) is 4.72. The zero-order valence-corrected chi connectivity index (χ0v) is 24.8. The number of rotatable bonds is 4. The van der Waals surface area contributed by atoms with Crippen LogP contribution in [0.5, 0.6) is 0 Å². The van der Waals surface area contributed by atoms with Crippen molar-refractivity contribution in [3.63, 3.8) is 0 Å². The van der Waals surface area contributed by atoms with Crippen LogP contribution in [-0.2, 0) is 17.4 Å². The van der Waals surface area contributed by atoms with Crippen LogP contribution in [0, 0.1) is 19.3 Å². The normalized spacial score (nSPS) is 19.6. The first kappa shape index (κ1) is 27.4. The number of nitrogens with zero attached hydrogens (tertiary/aromatic N) is 3. The van der Waals surface area contributed by atoms with Crippen LogP contribution in [0.2, 0.25) is 10.0 Å². The quantitative estimate of drug-likeness (QED) is 0.410. The van der Waals surface area contributed by atoms with E-state index in [1.165, 1.54) is 15.7 Å². The SMILES string of the molecule is Cc1c(N2CCC3(CC2)Cc2ccccc2[C@H]3NS(=O)C(C)(C)C)nc(C)n(-c2cccc(Cl)c2Cl)c1=O. The molecule has 5 rings (SSSR count). The van der Waals surface area contributed by atoms with Gasteiger partial charge in [0.05, 0.1) is 43.1 Å². The molecule has 1 saturated heterocycles. The fraction of sp³-hybridized carbons (Fsp3) is 0.448. The minimum Gasteiger partial charge on any atom is -0.356 e. The smallest absolute Gasteiger partial charge is 0.263 e. The highest BCUT2D eigenvalue weighted by Crippen LogP contribution is 2.52. The number of hydrogen-bond acceptors (Lipinski definition) is 4. The Morgan fingerprint density at radius 1 is 1.05 bits per heavy atom. The summed E-state index contributed by atoms with van der Waals surface area (Å²) in [7, 11) is -1.18. The fourth-order valence-electron chi connectivity index (χ4n) is 5.84. The maximum atomic E-state index is 13.5. The number of aryl methyl sites for hydroxylation is 1. The number of piperidine rings is 1. The van der Waals surface area contributed by atoms with E-state index in [9.17, 15) is 9.00 Å². The number of anilines is 1. The molecule has 6 nitrogen and oxygen atoms in total. The van der Waals surface area contributed by atoms with Gasteiger partial charge in [0.15, 0.2) is 0 Å². The molecule has 2 aliphatic rings. The highest BCUT2D eigenvalue weighted by molar-refractivity contribution is 7.84. The number of aromatic nitrogens is 2. The van der Waals surface area contributed by atoms with E-state index in [2.05, 4.69) is 33.9 Å². The summed E-state index contributed by atoms with van der Waals surface area (Å²) in [6.45, 7) is 11.2. The van der Waals surface area contributed by atoms with Crippen molar-refractivity contribution in [2.45, 2.75) is 64.7 Å². The highest BCUT2D eigenvalue weighted by atomic mass is 35.5. The predicted molar refractivity (Wildman–Crippen MR) is 157 cm³/mol. The van der Waals surface area contributed by atoms with Gasteiger partial charge in [0.2, 0.25) is 0 Å². The largest absolute Gasteiger partial charge is 0.356 e. The summed E-state index contributed by atoms with van der Waals surface area (Å²) in [4.78, 5) is 20.6. The Morgan fingerprint density at radius 2 is 1.74 bits per heavy atom. The van der Waals surface area contributed by atoms with E-state index in [-0.39, 0.29) is 21.8 Å². The van der Waals surface area contributed by atoms with Gasteiger partial charge in [0.1, 0.15) is 11.6 Å². The van der Waals surface area contributed by atoms with Crippen LogP contribution in [0.4, 0.5) is 5.82 Å². The van der Waals surface area contributed by atoms with Gasteiger partial charge in [0, 0.05) is 13.1 Å². The monoisotopic (exact) mass is 572 g/mol. The Labute approximate surface area is 237 Å². The number of nitrogens with one attached hydrogen (secondary N) is 1. The van der Waals surface area contributed by atoms with Crippen molar-refractivity contribution in [1.29, 1.82) is 0 Å². The first-order valence-electron chi connectivity index (χ1n) is 13.0. The van der Waals surface area contributed by atoms with Crippen LogP contribution in [0.1, 0.15) is 62.2 Å². The van der Waals surface area contributed by atoms with E-state index in [0.29, 0.717) is 27.1 Å². The molecule has 2 heterocycles. The molecule has 202 valence electrons. The Balaban J connectivity index is 1.44. The average Bonchev–Trinajstić information content (AvgIpc) is 3.16. The molecule has 9 heteroatoms. The zero-order valence-electron chi connectivity index (χ0n) is 22.5. The van der Waals surface area contributed by atoms with E-state index in [0.717, 1.165) is 38.2 Å². The second kappa shape index (κ2) is 10.1. The highest BCUT2D eigenvalue weighted by Gasteiger charge is 2.49. The van der Waals surface area contributed by atoms with Crippen LogP contribution in [0.25, 0.3) is 5.69 Å². The lowest BCUT2D eigenvalue weighted by molar-refractivity contribution is 0.177. The zero-order chi connectivity index (χ0) is 27.4. The third-order valence-electron chi connectivity index (χ3n) is 7.98. The summed E-state index contributed by atoms with van der Waals surface area (Å²) in [5, 5.41) is 0.729. The van der Waals surface area contributed by atoms with Gasteiger partial charge in [-0.1, -0.05) is 53.5 Å². The van der Waals surface area contributed by atoms with Crippen LogP contribution in [-0.4, -0.2) is 31.6 Å². The lowest BCUT2D eigenvalue weighted by Gasteiger charge is -2.44. The molecule has 1 N–H and O–H groups in total. The molecular formula is C29H34Cl2N4O2S. The van der Waals surface area contributed by atoms with E-state index < -0.39 is 11.0 Å². The van der Waals surface area contributed by atoms with Crippen molar-refractivity contribution < 1.29 is 4.21 Å². The number of hydrogen-bond donors (Lipinski definition) is 1. The van der Waals surface area contributed by atoms with Crippen LogP contribution in [0.15, 0.2) is 47.3 Å². The molecule has 3 aromatic rings. The van der Waals surface area contributed by atoms with E-state index in [1.54, 1.807) is 18.2 Å². The molecule has 1 aliphatic heterocycles. The maximum absolute atomic E-state index is 13.5. The Bertz CT molecular complexity index is 1470. The molecule has 1 aliphatic carbocycles. The second-order valence-corrected chi connectivity index (χ2v) is 14.3. The molecule has 0 radical (unpaired) electrons. The lowest BCUT2D eigenvalue weighted by Crippen LogP contribution is -2.48. The first-order valence-corrected chi connectivity index (χ1v) is 14.9. The molecule has 0 bridgehead atoms. The average molecular weight is 574 g/mol. The van der Waals surface area contributed by atoms with Crippen LogP contribution >= 0.6 is 23.2 Å². The molecular weight excluding hydrogens is 539 g/mol. The molecule has 38 heavy (non-hydrogen) atoms. The predicted octanol–water partition coefficient (Wildman–Crippen LogP) is 6.09. The summed E-state index contributed by atoms with van der Waals surface area (Å²) < 4.78 is 17.9. The van der Waals surface area contributed by atoms with Crippen molar-refractivity contribution in [1.82, 2.24) is 14.3 Å². The van der Waals surface area contributed by atoms with Gasteiger partial charge in [0.25, 0.3) is 5.56 Å². The van der Waals surface area contributed by atoms with E-state index >= 15 is 0 Å². The van der Waals surface area contributed by atoms with Gasteiger partial charge in [-0.3, -0.25) is 9.36 Å². The number of halogens is 2. The van der Waals surface area contributed by atoms with Gasteiger partial charge >= 0.3 is 0 Å². The summed E-state index contributed by atoms with van der Waals surface area (Å²) >= 11 is 12.7. The molecule has 1 spiro atoms. The summed E-state index contributed by atoms with van der Waals surface area (Å²) in [6.07, 6.45) is 2.77. The molecule has 2 atom stereocenters. The molecule has 0 amide bonds. The topological polar surface area (TPSA) is 67.2 Å². The van der Waals surface area contributed by atoms with Gasteiger partial charge in [-0.05, 0) is 82.6 Å². The maximum Gasteiger partial charge on any atom is 0.263 e. The minimum absolute atomic E-state index is 0.0228. The fourth-order valence-corrected chi connectivity index (χ4v) is 7.17. The first-order chi connectivity index (χ1) is 17.9. The van der Waals surface area contributed by atoms with Gasteiger partial charge in [-0.25, -0.2) is 13.9 Å². The number of fused-ring (bicyclic) bond motifs is 1. The molecule has 2 aromatic carbocycles. The number of benzene rings is 2. The Kier molecular flexibility index (Phi) is 7.27. The van der Waals surface area contributed by atoms with Crippen molar-refractivity contribution in [3.05, 3.63) is 85.4 Å². The van der Waals surface area contributed by atoms with E-state index in [4.69, 9.17) is 28.2 Å². The van der Waals surface area contributed by atoms with Crippen LogP contribution in [0.3, 0.4) is 0 Å². The Hall–Kier alpha value is -2.19.